The molecule has 0 bridgehead atoms. The Morgan fingerprint density at radius 3 is 2.20 bits per heavy atom. The molecule has 0 radical (unpaired) electrons. The Labute approximate surface area is 143 Å². The number of benzene rings is 2. The number of carboxylic acids is 1. The highest BCUT2D eigenvalue weighted by Crippen LogP contribution is 2.20. The van der Waals surface area contributed by atoms with Gasteiger partial charge in [0.15, 0.2) is 0 Å². The highest BCUT2D eigenvalue weighted by Gasteiger charge is 2.19. The highest BCUT2D eigenvalue weighted by atomic mass is 19.3. The van der Waals surface area contributed by atoms with Crippen LogP contribution in [-0.2, 0) is 4.79 Å². The zero-order valence-electron chi connectivity index (χ0n) is 13.4. The molecule has 0 aromatic heterocycles. The van der Waals surface area contributed by atoms with Gasteiger partial charge in [-0.25, -0.2) is 0 Å². The third kappa shape index (κ3) is 5.56. The van der Waals surface area contributed by atoms with Crippen LogP contribution in [0, 0.1) is 6.92 Å². The van der Waals surface area contributed by atoms with Gasteiger partial charge in [0.1, 0.15) is 5.75 Å². The molecule has 0 heterocycles. The molecule has 0 aliphatic carbocycles. The maximum Gasteiger partial charge on any atom is 0.387 e. The third-order valence-corrected chi connectivity index (χ3v) is 3.51. The minimum Gasteiger partial charge on any atom is -0.481 e. The first-order chi connectivity index (χ1) is 11.8. The summed E-state index contributed by atoms with van der Waals surface area (Å²) < 4.78 is 28.5. The average molecular weight is 349 g/mol. The van der Waals surface area contributed by atoms with Crippen molar-refractivity contribution in [2.75, 3.05) is 0 Å². The molecule has 0 fully saturated rings. The molecule has 7 heteroatoms. The average Bonchev–Trinajstić information content (AvgIpc) is 2.54. The normalized spacial score (nSPS) is 11.8. The van der Waals surface area contributed by atoms with Crippen LogP contribution in [-0.4, -0.2) is 23.6 Å². The Balaban J connectivity index is 2.13. The summed E-state index contributed by atoms with van der Waals surface area (Å²) in [4.78, 5) is 23.4. The number of hydrogen-bond acceptors (Lipinski definition) is 3. The fourth-order valence-corrected chi connectivity index (χ4v) is 2.25. The molecule has 2 aromatic carbocycles. The Morgan fingerprint density at radius 1 is 1.08 bits per heavy atom. The Hall–Kier alpha value is -2.96. The van der Waals surface area contributed by atoms with E-state index in [4.69, 9.17) is 5.11 Å². The van der Waals surface area contributed by atoms with Crippen LogP contribution in [0.1, 0.15) is 33.9 Å². The second-order valence-electron chi connectivity index (χ2n) is 5.44. The number of halogens is 2. The lowest BCUT2D eigenvalue weighted by atomic mass is 10.0. The monoisotopic (exact) mass is 349 g/mol. The first-order valence-electron chi connectivity index (χ1n) is 7.49. The number of amides is 1. The predicted molar refractivity (Wildman–Crippen MR) is 86.7 cm³/mol. The van der Waals surface area contributed by atoms with E-state index in [1.807, 2.05) is 19.1 Å². The molecule has 0 spiro atoms. The standard InChI is InChI=1S/C18H17F2NO4/c1-11-2-4-12(5-3-11)15(10-16(22)23)21-17(24)13-6-8-14(9-7-13)25-18(19)20/h2-9,15,18H,10H2,1H3,(H,21,24)(H,22,23)/t15-/m1/s1. The van der Waals surface area contributed by atoms with Crippen LogP contribution in [0.3, 0.4) is 0 Å². The zero-order chi connectivity index (χ0) is 18.4. The van der Waals surface area contributed by atoms with Crippen molar-refractivity contribution < 1.29 is 28.2 Å². The molecule has 0 unspecified atom stereocenters. The second kappa shape index (κ2) is 8.23. The molecule has 1 atom stereocenters. The summed E-state index contributed by atoms with van der Waals surface area (Å²) in [6.45, 7) is -1.04. The van der Waals surface area contributed by atoms with E-state index in [9.17, 15) is 18.4 Å². The molecule has 2 rings (SSSR count). The summed E-state index contributed by atoms with van der Waals surface area (Å²) in [7, 11) is 0. The first-order valence-corrected chi connectivity index (χ1v) is 7.49. The molecule has 1 amide bonds. The Bertz CT molecular complexity index is 730. The summed E-state index contributed by atoms with van der Waals surface area (Å²) >= 11 is 0. The fourth-order valence-electron chi connectivity index (χ4n) is 2.25. The minimum atomic E-state index is -2.94. The van der Waals surface area contributed by atoms with E-state index in [0.717, 1.165) is 5.56 Å². The summed E-state index contributed by atoms with van der Waals surface area (Å²) in [6.07, 6.45) is -0.276. The lowest BCUT2D eigenvalue weighted by Gasteiger charge is -2.18. The summed E-state index contributed by atoms with van der Waals surface area (Å²) in [6, 6.07) is 11.6. The third-order valence-electron chi connectivity index (χ3n) is 3.51. The van der Waals surface area contributed by atoms with Crippen molar-refractivity contribution in [2.24, 2.45) is 0 Å². The molecule has 2 aromatic rings. The van der Waals surface area contributed by atoms with Gasteiger partial charge in [0, 0.05) is 5.56 Å². The first kappa shape index (κ1) is 18.4. The summed E-state index contributed by atoms with van der Waals surface area (Å²) in [5, 5.41) is 11.7. The predicted octanol–water partition coefficient (Wildman–Crippen LogP) is 3.54. The molecule has 2 N–H and O–H groups in total. The summed E-state index contributed by atoms with van der Waals surface area (Å²) in [5.74, 6) is -1.62. The van der Waals surface area contributed by atoms with Crippen molar-refractivity contribution in [3.63, 3.8) is 0 Å². The van der Waals surface area contributed by atoms with Crippen LogP contribution in [0.4, 0.5) is 8.78 Å². The van der Waals surface area contributed by atoms with E-state index in [-0.39, 0.29) is 17.7 Å². The van der Waals surface area contributed by atoms with Gasteiger partial charge in [0.25, 0.3) is 5.91 Å². The van der Waals surface area contributed by atoms with Crippen LogP contribution in [0.25, 0.3) is 0 Å². The van der Waals surface area contributed by atoms with Crippen LogP contribution in [0.2, 0.25) is 0 Å². The van der Waals surface area contributed by atoms with Crippen molar-refractivity contribution in [3.8, 4) is 5.75 Å². The van der Waals surface area contributed by atoms with Crippen LogP contribution in [0.15, 0.2) is 48.5 Å². The Kier molecular flexibility index (Phi) is 6.05. The van der Waals surface area contributed by atoms with Gasteiger partial charge in [-0.15, -0.1) is 0 Å². The maximum atomic E-state index is 12.3. The van der Waals surface area contributed by atoms with E-state index in [1.165, 1.54) is 24.3 Å². The number of carboxylic acid groups (broad SMARTS) is 1. The molecule has 25 heavy (non-hydrogen) atoms. The molecular weight excluding hydrogens is 332 g/mol. The van der Waals surface area contributed by atoms with E-state index in [1.54, 1.807) is 12.1 Å². The largest absolute Gasteiger partial charge is 0.481 e. The lowest BCUT2D eigenvalue weighted by molar-refractivity contribution is -0.137. The molecule has 5 nitrogen and oxygen atoms in total. The van der Waals surface area contributed by atoms with Crippen molar-refractivity contribution >= 4 is 11.9 Å². The number of aryl methyl sites for hydroxylation is 1. The minimum absolute atomic E-state index is 0.0628. The van der Waals surface area contributed by atoms with Crippen molar-refractivity contribution in [3.05, 3.63) is 65.2 Å². The van der Waals surface area contributed by atoms with E-state index < -0.39 is 24.5 Å². The number of alkyl halides is 2. The smallest absolute Gasteiger partial charge is 0.387 e. The maximum absolute atomic E-state index is 12.3. The van der Waals surface area contributed by atoms with Crippen LogP contribution in [0.5, 0.6) is 5.75 Å². The van der Waals surface area contributed by atoms with Crippen molar-refractivity contribution in [1.29, 1.82) is 0 Å². The number of rotatable bonds is 7. The van der Waals surface area contributed by atoms with E-state index in [0.29, 0.717) is 5.56 Å². The van der Waals surface area contributed by atoms with E-state index >= 15 is 0 Å². The number of nitrogens with one attached hydrogen (secondary N) is 1. The topological polar surface area (TPSA) is 75.6 Å². The van der Waals surface area contributed by atoms with Gasteiger partial charge in [-0.2, -0.15) is 8.78 Å². The van der Waals surface area contributed by atoms with Gasteiger partial charge in [-0.3, -0.25) is 9.59 Å². The molecule has 0 aliphatic heterocycles. The molecule has 0 saturated carbocycles. The number of hydrogen-bond donors (Lipinski definition) is 2. The molecule has 0 saturated heterocycles. The van der Waals surface area contributed by atoms with Gasteiger partial charge in [-0.1, -0.05) is 29.8 Å². The quantitative estimate of drug-likeness (QED) is 0.802. The number of ether oxygens (including phenoxy) is 1. The van der Waals surface area contributed by atoms with Crippen molar-refractivity contribution in [2.45, 2.75) is 26.0 Å². The van der Waals surface area contributed by atoms with Crippen LogP contribution < -0.4 is 10.1 Å². The SMILES string of the molecule is Cc1ccc([C@@H](CC(=O)O)NC(=O)c2ccc(OC(F)F)cc2)cc1. The molecular formula is C18H17F2NO4. The fraction of sp³-hybridized carbons (Fsp3) is 0.222. The second-order valence-corrected chi connectivity index (χ2v) is 5.44. The van der Waals surface area contributed by atoms with Crippen molar-refractivity contribution in [1.82, 2.24) is 5.32 Å². The Morgan fingerprint density at radius 2 is 1.68 bits per heavy atom. The number of carbonyl (C=O) groups excluding carboxylic acids is 1. The van der Waals surface area contributed by atoms with Gasteiger partial charge < -0.3 is 15.2 Å². The van der Waals surface area contributed by atoms with Crippen LogP contribution >= 0.6 is 0 Å². The number of aliphatic carboxylic acids is 1. The van der Waals surface area contributed by atoms with Gasteiger partial charge in [-0.05, 0) is 36.8 Å². The van der Waals surface area contributed by atoms with E-state index in [2.05, 4.69) is 10.1 Å². The van der Waals surface area contributed by atoms with Gasteiger partial charge in [0.2, 0.25) is 0 Å². The van der Waals surface area contributed by atoms with Gasteiger partial charge in [0.05, 0.1) is 12.5 Å². The molecule has 132 valence electrons. The highest BCUT2D eigenvalue weighted by molar-refractivity contribution is 5.94. The lowest BCUT2D eigenvalue weighted by Crippen LogP contribution is -2.30. The summed E-state index contributed by atoms with van der Waals surface area (Å²) in [5.41, 5.74) is 1.89. The van der Waals surface area contributed by atoms with Gasteiger partial charge >= 0.3 is 12.6 Å². The molecule has 0 aliphatic rings. The number of carbonyl (C=O) groups is 2. The zero-order valence-corrected chi connectivity index (χ0v) is 13.4.